The van der Waals surface area contributed by atoms with Gasteiger partial charge in [0, 0.05) is 6.07 Å². The molecule has 2 rings (SSSR count). The molecule has 0 radical (unpaired) electrons. The summed E-state index contributed by atoms with van der Waals surface area (Å²) in [6.07, 6.45) is 2.50. The van der Waals surface area contributed by atoms with Crippen molar-refractivity contribution >= 4 is 5.69 Å². The number of nitrogens with zero attached hydrogens (tertiary/aromatic N) is 3. The summed E-state index contributed by atoms with van der Waals surface area (Å²) in [5.41, 5.74) is 0.491. The van der Waals surface area contributed by atoms with Crippen LogP contribution in [-0.4, -0.2) is 28.9 Å². The smallest absolute Gasteiger partial charge is 0.307 e. The molecule has 94 valence electrons. The molecule has 0 saturated heterocycles. The average molecular weight is 249 g/mol. The van der Waals surface area contributed by atoms with Crippen LogP contribution in [-0.2, 0) is 0 Å². The molecular weight excluding hydrogens is 238 g/mol. The first-order valence-corrected chi connectivity index (χ1v) is 5.07. The second kappa shape index (κ2) is 4.74. The van der Waals surface area contributed by atoms with Crippen LogP contribution in [0.5, 0.6) is 11.5 Å². The highest BCUT2D eigenvalue weighted by Crippen LogP contribution is 2.27. The number of hydrogen-bond acceptors (Lipinski definition) is 5. The molecule has 0 fully saturated rings. The van der Waals surface area contributed by atoms with Crippen LogP contribution in [0.25, 0.3) is 5.69 Å². The highest BCUT2D eigenvalue weighted by Gasteiger charge is 2.13. The van der Waals surface area contributed by atoms with Gasteiger partial charge in [-0.15, -0.1) is 0 Å². The van der Waals surface area contributed by atoms with E-state index in [2.05, 4.69) is 5.10 Å². The predicted octanol–water partition coefficient (Wildman–Crippen LogP) is 1.80. The number of hydrogen-bond donors (Lipinski definition) is 0. The van der Waals surface area contributed by atoms with Gasteiger partial charge in [0.05, 0.1) is 19.1 Å². The third-order valence-electron chi connectivity index (χ3n) is 2.41. The lowest BCUT2D eigenvalue weighted by Crippen LogP contribution is -1.99. The first-order valence-electron chi connectivity index (χ1n) is 5.07. The predicted molar refractivity (Wildman–Crippen MR) is 63.3 cm³/mol. The summed E-state index contributed by atoms with van der Waals surface area (Å²) in [4.78, 5) is 10.1. The van der Waals surface area contributed by atoms with E-state index in [9.17, 15) is 10.1 Å². The van der Waals surface area contributed by atoms with Gasteiger partial charge in [0.15, 0.2) is 0 Å². The molecule has 1 aromatic carbocycles. The number of methoxy groups -OCH3 is 2. The highest BCUT2D eigenvalue weighted by atomic mass is 16.6. The van der Waals surface area contributed by atoms with Gasteiger partial charge in [0.25, 0.3) is 0 Å². The quantitative estimate of drug-likeness (QED) is 0.609. The molecule has 0 aliphatic heterocycles. The van der Waals surface area contributed by atoms with Crippen molar-refractivity contribution in [2.24, 2.45) is 0 Å². The Balaban J connectivity index is 2.50. The summed E-state index contributed by atoms with van der Waals surface area (Å²) in [6, 6.07) is 5.14. The molecule has 0 unspecified atom stereocenters. The molecule has 0 atom stereocenters. The van der Waals surface area contributed by atoms with Crippen molar-refractivity contribution < 1.29 is 14.4 Å². The molecule has 0 aliphatic rings. The molecule has 0 aliphatic carbocycles. The standard InChI is InChI=1S/C11H11N3O4/c1-17-9-3-4-11(18-2)10(5-9)13-7-8(6-12-13)14(15)16/h3-7H,1-2H3. The van der Waals surface area contributed by atoms with E-state index in [0.29, 0.717) is 17.2 Å². The van der Waals surface area contributed by atoms with Gasteiger partial charge < -0.3 is 9.47 Å². The number of aromatic nitrogens is 2. The SMILES string of the molecule is COc1ccc(OC)c(-n2cc([N+](=O)[O-])cn2)c1. The number of rotatable bonds is 4. The maximum Gasteiger partial charge on any atom is 0.307 e. The monoisotopic (exact) mass is 249 g/mol. The Labute approximate surface area is 103 Å². The van der Waals surface area contributed by atoms with E-state index in [1.54, 1.807) is 18.2 Å². The zero-order chi connectivity index (χ0) is 13.1. The third-order valence-corrected chi connectivity index (χ3v) is 2.41. The van der Waals surface area contributed by atoms with Crippen LogP contribution in [0.1, 0.15) is 0 Å². The molecule has 2 aromatic rings. The van der Waals surface area contributed by atoms with Gasteiger partial charge in [0.2, 0.25) is 0 Å². The largest absolute Gasteiger partial charge is 0.497 e. The molecule has 0 N–H and O–H groups in total. The second-order valence-corrected chi connectivity index (χ2v) is 3.44. The Morgan fingerprint density at radius 1 is 1.33 bits per heavy atom. The molecule has 1 aromatic heterocycles. The zero-order valence-corrected chi connectivity index (χ0v) is 9.86. The summed E-state index contributed by atoms with van der Waals surface area (Å²) >= 11 is 0. The van der Waals surface area contributed by atoms with Gasteiger partial charge >= 0.3 is 5.69 Å². The third kappa shape index (κ3) is 2.10. The van der Waals surface area contributed by atoms with E-state index in [-0.39, 0.29) is 5.69 Å². The highest BCUT2D eigenvalue weighted by molar-refractivity contribution is 5.51. The molecule has 1 heterocycles. The van der Waals surface area contributed by atoms with Crippen LogP contribution in [0.4, 0.5) is 5.69 Å². The van der Waals surface area contributed by atoms with Crippen molar-refractivity contribution in [3.63, 3.8) is 0 Å². The first-order chi connectivity index (χ1) is 8.65. The summed E-state index contributed by atoms with van der Waals surface area (Å²) in [5.74, 6) is 1.16. The summed E-state index contributed by atoms with van der Waals surface area (Å²) in [7, 11) is 3.06. The first kappa shape index (κ1) is 11.9. The van der Waals surface area contributed by atoms with Crippen molar-refractivity contribution in [3.05, 3.63) is 40.7 Å². The van der Waals surface area contributed by atoms with Crippen molar-refractivity contribution in [3.8, 4) is 17.2 Å². The van der Waals surface area contributed by atoms with E-state index in [1.807, 2.05) is 0 Å². The Morgan fingerprint density at radius 2 is 2.11 bits per heavy atom. The Bertz CT molecular complexity index is 579. The normalized spacial score (nSPS) is 10.1. The fourth-order valence-electron chi connectivity index (χ4n) is 1.52. The topological polar surface area (TPSA) is 79.4 Å². The minimum Gasteiger partial charge on any atom is -0.497 e. The summed E-state index contributed by atoms with van der Waals surface area (Å²) < 4.78 is 11.7. The maximum atomic E-state index is 10.6. The Morgan fingerprint density at radius 3 is 2.67 bits per heavy atom. The van der Waals surface area contributed by atoms with E-state index in [1.165, 1.54) is 31.3 Å². The molecule has 18 heavy (non-hydrogen) atoms. The maximum absolute atomic E-state index is 10.6. The summed E-state index contributed by atoms with van der Waals surface area (Å²) in [6.45, 7) is 0. The van der Waals surface area contributed by atoms with Crippen LogP contribution >= 0.6 is 0 Å². The fraction of sp³-hybridized carbons (Fsp3) is 0.182. The minimum atomic E-state index is -0.504. The van der Waals surface area contributed by atoms with Crippen molar-refractivity contribution in [2.45, 2.75) is 0 Å². The molecule has 7 nitrogen and oxygen atoms in total. The van der Waals surface area contributed by atoms with Gasteiger partial charge in [-0.3, -0.25) is 10.1 Å². The molecule has 7 heteroatoms. The van der Waals surface area contributed by atoms with Crippen molar-refractivity contribution in [2.75, 3.05) is 14.2 Å². The van der Waals surface area contributed by atoms with Gasteiger partial charge in [-0.1, -0.05) is 0 Å². The van der Waals surface area contributed by atoms with Crippen LogP contribution < -0.4 is 9.47 Å². The molecule has 0 saturated carbocycles. The Kier molecular flexibility index (Phi) is 3.13. The lowest BCUT2D eigenvalue weighted by atomic mass is 10.2. The fourth-order valence-corrected chi connectivity index (χ4v) is 1.52. The van der Waals surface area contributed by atoms with Crippen LogP contribution in [0.15, 0.2) is 30.6 Å². The average Bonchev–Trinajstić information content (AvgIpc) is 2.87. The molecule has 0 amide bonds. The van der Waals surface area contributed by atoms with Gasteiger partial charge in [0.1, 0.15) is 29.6 Å². The van der Waals surface area contributed by atoms with Gasteiger partial charge in [-0.05, 0) is 12.1 Å². The van der Waals surface area contributed by atoms with Gasteiger partial charge in [-0.25, -0.2) is 4.68 Å². The van der Waals surface area contributed by atoms with Crippen molar-refractivity contribution in [1.82, 2.24) is 9.78 Å². The van der Waals surface area contributed by atoms with E-state index >= 15 is 0 Å². The molecule has 0 bridgehead atoms. The lowest BCUT2D eigenvalue weighted by molar-refractivity contribution is -0.384. The van der Waals surface area contributed by atoms with Gasteiger partial charge in [-0.2, -0.15) is 5.10 Å². The Hall–Kier alpha value is -2.57. The number of ether oxygens (including phenoxy) is 2. The zero-order valence-electron chi connectivity index (χ0n) is 9.86. The molecule has 0 spiro atoms. The van der Waals surface area contributed by atoms with E-state index in [0.717, 1.165) is 0 Å². The number of benzene rings is 1. The lowest BCUT2D eigenvalue weighted by Gasteiger charge is -2.09. The van der Waals surface area contributed by atoms with E-state index < -0.39 is 4.92 Å². The van der Waals surface area contributed by atoms with Crippen LogP contribution in [0.2, 0.25) is 0 Å². The minimum absolute atomic E-state index is 0.0835. The summed E-state index contributed by atoms with van der Waals surface area (Å²) in [5, 5.41) is 14.6. The van der Waals surface area contributed by atoms with Crippen LogP contribution in [0, 0.1) is 10.1 Å². The van der Waals surface area contributed by atoms with Crippen molar-refractivity contribution in [1.29, 1.82) is 0 Å². The van der Waals surface area contributed by atoms with E-state index in [4.69, 9.17) is 9.47 Å². The number of nitro groups is 1. The molecular formula is C11H11N3O4. The second-order valence-electron chi connectivity index (χ2n) is 3.44. The van der Waals surface area contributed by atoms with Crippen LogP contribution in [0.3, 0.4) is 0 Å².